The van der Waals surface area contributed by atoms with Crippen LogP contribution in [-0.4, -0.2) is 0 Å². The largest absolute Gasteiger partial charge is 0.206 e. The summed E-state index contributed by atoms with van der Waals surface area (Å²) in [6.07, 6.45) is 0. The monoisotopic (exact) mass is 326 g/mol. The first-order valence-corrected chi connectivity index (χ1v) is 7.15. The van der Waals surface area contributed by atoms with Gasteiger partial charge in [-0.3, -0.25) is 0 Å². The molecule has 98 valence electrons. The Labute approximate surface area is 126 Å². The van der Waals surface area contributed by atoms with Crippen molar-refractivity contribution in [2.75, 3.05) is 0 Å². The molecule has 0 amide bonds. The van der Waals surface area contributed by atoms with E-state index in [0.717, 1.165) is 21.2 Å². The molecule has 0 saturated carbocycles. The number of hydrogen-bond donors (Lipinski definition) is 0. The summed E-state index contributed by atoms with van der Waals surface area (Å²) in [6.45, 7) is 0. The Morgan fingerprint density at radius 1 is 0.650 bits per heavy atom. The molecule has 0 fully saturated rings. The van der Waals surface area contributed by atoms with Gasteiger partial charge in [-0.25, -0.2) is 4.39 Å². The summed E-state index contributed by atoms with van der Waals surface area (Å²) in [5.41, 5.74) is 3.35. The first-order valence-electron chi connectivity index (χ1n) is 6.35. The van der Waals surface area contributed by atoms with Crippen LogP contribution in [0.1, 0.15) is 0 Å². The van der Waals surface area contributed by atoms with E-state index in [-0.39, 0.29) is 5.82 Å². The van der Waals surface area contributed by atoms with E-state index >= 15 is 0 Å². The molecular weight excluding hydrogens is 315 g/mol. The number of benzene rings is 3. The van der Waals surface area contributed by atoms with Crippen molar-refractivity contribution >= 4 is 15.9 Å². The van der Waals surface area contributed by atoms with Crippen molar-refractivity contribution in [2.45, 2.75) is 0 Å². The van der Waals surface area contributed by atoms with Crippen LogP contribution in [0.2, 0.25) is 0 Å². The average Bonchev–Trinajstić information content (AvgIpc) is 2.48. The third kappa shape index (κ3) is 2.52. The summed E-state index contributed by atoms with van der Waals surface area (Å²) >= 11 is 3.49. The average molecular weight is 327 g/mol. The molecule has 0 aromatic heterocycles. The second kappa shape index (κ2) is 5.59. The number of halogens is 2. The predicted octanol–water partition coefficient (Wildman–Crippen LogP) is 5.92. The summed E-state index contributed by atoms with van der Waals surface area (Å²) in [5, 5.41) is 0. The van der Waals surface area contributed by atoms with E-state index in [1.165, 1.54) is 0 Å². The molecule has 0 N–H and O–H groups in total. The summed E-state index contributed by atoms with van der Waals surface area (Å²) in [6, 6.07) is 22.9. The van der Waals surface area contributed by atoms with Crippen molar-refractivity contribution < 1.29 is 4.39 Å². The van der Waals surface area contributed by atoms with Gasteiger partial charge in [0.15, 0.2) is 0 Å². The Bertz CT molecular complexity index is 698. The second-order valence-corrected chi connectivity index (χ2v) is 5.40. The molecule has 0 nitrogen and oxygen atoms in total. The van der Waals surface area contributed by atoms with E-state index in [1.54, 1.807) is 6.07 Å². The van der Waals surface area contributed by atoms with Crippen LogP contribution in [-0.2, 0) is 0 Å². The van der Waals surface area contributed by atoms with Crippen LogP contribution in [0.5, 0.6) is 0 Å². The molecule has 0 aliphatic rings. The van der Waals surface area contributed by atoms with Gasteiger partial charge >= 0.3 is 0 Å². The molecule has 0 aliphatic carbocycles. The third-order valence-electron chi connectivity index (χ3n) is 3.21. The lowest BCUT2D eigenvalue weighted by molar-refractivity contribution is 0.631. The highest BCUT2D eigenvalue weighted by Crippen LogP contribution is 2.34. The Morgan fingerprint density at radius 2 is 1.20 bits per heavy atom. The quantitative estimate of drug-likeness (QED) is 0.548. The zero-order valence-electron chi connectivity index (χ0n) is 10.7. The van der Waals surface area contributed by atoms with Crippen LogP contribution in [0.15, 0.2) is 77.3 Å². The van der Waals surface area contributed by atoms with Crippen LogP contribution in [0.3, 0.4) is 0 Å². The highest BCUT2D eigenvalue weighted by molar-refractivity contribution is 9.10. The van der Waals surface area contributed by atoms with Gasteiger partial charge < -0.3 is 0 Å². The molecule has 0 unspecified atom stereocenters. The van der Waals surface area contributed by atoms with Gasteiger partial charge in [-0.1, -0.05) is 76.6 Å². The van der Waals surface area contributed by atoms with E-state index in [0.29, 0.717) is 5.56 Å². The lowest BCUT2D eigenvalue weighted by atomic mass is 10.00. The SMILES string of the molecule is Fc1cc(-c2ccccc2)cc(Br)c1-c1ccccc1. The topological polar surface area (TPSA) is 0 Å². The molecule has 20 heavy (non-hydrogen) atoms. The maximum absolute atomic E-state index is 14.5. The second-order valence-electron chi connectivity index (χ2n) is 4.55. The van der Waals surface area contributed by atoms with E-state index < -0.39 is 0 Å². The van der Waals surface area contributed by atoms with Crippen LogP contribution >= 0.6 is 15.9 Å². The molecule has 0 radical (unpaired) electrons. The van der Waals surface area contributed by atoms with Crippen molar-refractivity contribution in [1.82, 2.24) is 0 Å². The molecule has 2 heteroatoms. The molecule has 0 heterocycles. The standard InChI is InChI=1S/C18H12BrF/c19-16-11-15(13-7-3-1-4-8-13)12-17(20)18(16)14-9-5-2-6-10-14/h1-12H. The van der Waals surface area contributed by atoms with Gasteiger partial charge in [0.25, 0.3) is 0 Å². The van der Waals surface area contributed by atoms with Crippen molar-refractivity contribution in [3.63, 3.8) is 0 Å². The van der Waals surface area contributed by atoms with Gasteiger partial charge in [0.2, 0.25) is 0 Å². The third-order valence-corrected chi connectivity index (χ3v) is 3.84. The van der Waals surface area contributed by atoms with Crippen LogP contribution in [0, 0.1) is 5.82 Å². The Hall–Kier alpha value is -1.93. The number of hydrogen-bond acceptors (Lipinski definition) is 0. The van der Waals surface area contributed by atoms with Crippen molar-refractivity contribution in [2.24, 2.45) is 0 Å². The van der Waals surface area contributed by atoms with Gasteiger partial charge in [-0.2, -0.15) is 0 Å². The van der Waals surface area contributed by atoms with Crippen molar-refractivity contribution in [1.29, 1.82) is 0 Å². The van der Waals surface area contributed by atoms with Gasteiger partial charge in [-0.15, -0.1) is 0 Å². The van der Waals surface area contributed by atoms with Crippen molar-refractivity contribution in [3.8, 4) is 22.3 Å². The minimum Gasteiger partial charge on any atom is -0.206 e. The zero-order valence-corrected chi connectivity index (χ0v) is 12.3. The maximum Gasteiger partial charge on any atom is 0.132 e. The highest BCUT2D eigenvalue weighted by Gasteiger charge is 2.12. The van der Waals surface area contributed by atoms with Gasteiger partial charge in [0, 0.05) is 10.0 Å². The van der Waals surface area contributed by atoms with Gasteiger partial charge in [-0.05, 0) is 28.8 Å². The fourth-order valence-corrected chi connectivity index (χ4v) is 2.92. The Morgan fingerprint density at radius 3 is 1.75 bits per heavy atom. The summed E-state index contributed by atoms with van der Waals surface area (Å²) in [5.74, 6) is -0.218. The normalized spacial score (nSPS) is 10.5. The van der Waals surface area contributed by atoms with Gasteiger partial charge in [0.1, 0.15) is 5.82 Å². The van der Waals surface area contributed by atoms with Crippen LogP contribution in [0.4, 0.5) is 4.39 Å². The molecule has 0 saturated heterocycles. The van der Waals surface area contributed by atoms with Gasteiger partial charge in [0.05, 0.1) is 0 Å². The zero-order chi connectivity index (χ0) is 13.9. The number of rotatable bonds is 2. The predicted molar refractivity (Wildman–Crippen MR) is 85.0 cm³/mol. The van der Waals surface area contributed by atoms with Crippen LogP contribution < -0.4 is 0 Å². The molecule has 0 spiro atoms. The van der Waals surface area contributed by atoms with E-state index in [4.69, 9.17) is 0 Å². The van der Waals surface area contributed by atoms with E-state index in [1.807, 2.05) is 66.7 Å². The van der Waals surface area contributed by atoms with E-state index in [2.05, 4.69) is 15.9 Å². The first kappa shape index (κ1) is 13.1. The fourth-order valence-electron chi connectivity index (χ4n) is 2.25. The smallest absolute Gasteiger partial charge is 0.132 e. The molecule has 3 aromatic rings. The summed E-state index contributed by atoms with van der Waals surface area (Å²) in [7, 11) is 0. The van der Waals surface area contributed by atoms with Crippen LogP contribution in [0.25, 0.3) is 22.3 Å². The molecule has 0 aliphatic heterocycles. The van der Waals surface area contributed by atoms with Crippen molar-refractivity contribution in [3.05, 3.63) is 83.1 Å². The molecule has 0 atom stereocenters. The lowest BCUT2D eigenvalue weighted by Gasteiger charge is -2.10. The first-order chi connectivity index (χ1) is 9.75. The Kier molecular flexibility index (Phi) is 3.66. The Balaban J connectivity index is 2.13. The minimum atomic E-state index is -0.218. The molecule has 0 bridgehead atoms. The van der Waals surface area contributed by atoms with E-state index in [9.17, 15) is 4.39 Å². The molecule has 3 rings (SSSR count). The maximum atomic E-state index is 14.5. The molecular formula is C18H12BrF. The summed E-state index contributed by atoms with van der Waals surface area (Å²) in [4.78, 5) is 0. The minimum absolute atomic E-state index is 0.218. The highest BCUT2D eigenvalue weighted by atomic mass is 79.9. The molecule has 3 aromatic carbocycles. The fraction of sp³-hybridized carbons (Fsp3) is 0. The lowest BCUT2D eigenvalue weighted by Crippen LogP contribution is -1.88. The summed E-state index contributed by atoms with van der Waals surface area (Å²) < 4.78 is 15.2.